The van der Waals surface area contributed by atoms with Gasteiger partial charge in [0.15, 0.2) is 0 Å². The lowest BCUT2D eigenvalue weighted by molar-refractivity contribution is -0.142. The molecule has 1 aromatic carbocycles. The first kappa shape index (κ1) is 16.2. The number of nitrogens with zero attached hydrogens (tertiary/aromatic N) is 1. The largest absolute Gasteiger partial charge is 0.467 e. The average Bonchev–Trinajstić information content (AvgIpc) is 2.56. The van der Waals surface area contributed by atoms with Crippen LogP contribution in [0, 0.1) is 0 Å². The molecule has 0 saturated carbocycles. The van der Waals surface area contributed by atoms with Crippen molar-refractivity contribution in [2.45, 2.75) is 12.5 Å². The third-order valence-electron chi connectivity index (χ3n) is 3.09. The number of carbonyl (C=O) groups is 2. The fraction of sp³-hybridized carbons (Fsp3) is 0.188. The second kappa shape index (κ2) is 7.70. The Labute approximate surface area is 136 Å². The summed E-state index contributed by atoms with van der Waals surface area (Å²) in [5.74, 6) is -0.819. The number of rotatable bonds is 5. The number of esters is 1. The van der Waals surface area contributed by atoms with Crippen LogP contribution in [0.25, 0.3) is 0 Å². The lowest BCUT2D eigenvalue weighted by Crippen LogP contribution is -2.43. The zero-order valence-corrected chi connectivity index (χ0v) is 13.5. The summed E-state index contributed by atoms with van der Waals surface area (Å²) in [6.07, 6.45) is 3.41. The number of hydrogen-bond donors (Lipinski definition) is 1. The molecule has 0 aliphatic rings. The number of halogens is 1. The molecule has 2 rings (SSSR count). The molecule has 0 spiro atoms. The van der Waals surface area contributed by atoms with E-state index in [0.717, 1.165) is 10.0 Å². The van der Waals surface area contributed by atoms with E-state index in [2.05, 4.69) is 26.2 Å². The molecule has 2 aromatic rings. The SMILES string of the molecule is COC(=O)[C@H](Cc1ccc(Br)cc1)NC(=O)c1ccncc1. The molecule has 1 amide bonds. The number of methoxy groups -OCH3 is 1. The molecule has 0 bridgehead atoms. The fourth-order valence-electron chi connectivity index (χ4n) is 1.94. The Morgan fingerprint density at radius 2 is 1.82 bits per heavy atom. The maximum atomic E-state index is 12.2. The van der Waals surface area contributed by atoms with Gasteiger partial charge in [-0.1, -0.05) is 28.1 Å². The lowest BCUT2D eigenvalue weighted by atomic mass is 10.1. The van der Waals surface area contributed by atoms with Gasteiger partial charge in [0.25, 0.3) is 5.91 Å². The number of ether oxygens (including phenoxy) is 1. The summed E-state index contributed by atoms with van der Waals surface area (Å²) < 4.78 is 5.72. The molecule has 1 heterocycles. The number of hydrogen-bond acceptors (Lipinski definition) is 4. The molecule has 22 heavy (non-hydrogen) atoms. The normalized spacial score (nSPS) is 11.5. The highest BCUT2D eigenvalue weighted by Crippen LogP contribution is 2.12. The second-order valence-corrected chi connectivity index (χ2v) is 5.53. The van der Waals surface area contributed by atoms with E-state index >= 15 is 0 Å². The summed E-state index contributed by atoms with van der Waals surface area (Å²) in [5.41, 5.74) is 1.37. The summed E-state index contributed by atoms with van der Waals surface area (Å²) in [4.78, 5) is 27.9. The second-order valence-electron chi connectivity index (χ2n) is 4.62. The van der Waals surface area contributed by atoms with Crippen LogP contribution in [0.3, 0.4) is 0 Å². The predicted molar refractivity (Wildman–Crippen MR) is 85.4 cm³/mol. The summed E-state index contributed by atoms with van der Waals surface area (Å²) in [7, 11) is 1.30. The van der Waals surface area contributed by atoms with Gasteiger partial charge in [0.2, 0.25) is 0 Å². The number of aromatic nitrogens is 1. The standard InChI is InChI=1S/C16H15BrN2O3/c1-22-16(21)14(10-11-2-4-13(17)5-3-11)19-15(20)12-6-8-18-9-7-12/h2-9,14H,10H2,1H3,(H,19,20)/t14-/m0/s1. The van der Waals surface area contributed by atoms with E-state index < -0.39 is 12.0 Å². The van der Waals surface area contributed by atoms with Crippen molar-refractivity contribution in [2.24, 2.45) is 0 Å². The van der Waals surface area contributed by atoms with Crippen LogP contribution in [-0.4, -0.2) is 30.0 Å². The van der Waals surface area contributed by atoms with E-state index in [1.807, 2.05) is 24.3 Å². The lowest BCUT2D eigenvalue weighted by Gasteiger charge is -2.16. The van der Waals surface area contributed by atoms with Gasteiger partial charge in [-0.2, -0.15) is 0 Å². The average molecular weight is 363 g/mol. The highest BCUT2D eigenvalue weighted by molar-refractivity contribution is 9.10. The van der Waals surface area contributed by atoms with Crippen molar-refractivity contribution in [1.29, 1.82) is 0 Å². The molecule has 0 saturated heterocycles. The fourth-order valence-corrected chi connectivity index (χ4v) is 2.20. The van der Waals surface area contributed by atoms with Crippen molar-refractivity contribution < 1.29 is 14.3 Å². The molecule has 1 N–H and O–H groups in total. The number of amides is 1. The molecule has 114 valence electrons. The molecular weight excluding hydrogens is 348 g/mol. The molecular formula is C16H15BrN2O3. The van der Waals surface area contributed by atoms with Gasteiger partial charge in [0.1, 0.15) is 6.04 Å². The molecule has 0 aliphatic heterocycles. The Morgan fingerprint density at radius 3 is 2.41 bits per heavy atom. The topological polar surface area (TPSA) is 68.3 Å². The molecule has 6 heteroatoms. The first-order valence-electron chi connectivity index (χ1n) is 6.63. The third kappa shape index (κ3) is 4.39. The summed E-state index contributed by atoms with van der Waals surface area (Å²) in [6, 6.07) is 9.97. The minimum absolute atomic E-state index is 0.338. The molecule has 5 nitrogen and oxygen atoms in total. The van der Waals surface area contributed by atoms with Gasteiger partial charge in [-0.15, -0.1) is 0 Å². The highest BCUT2D eigenvalue weighted by atomic mass is 79.9. The minimum Gasteiger partial charge on any atom is -0.467 e. The zero-order chi connectivity index (χ0) is 15.9. The van der Waals surface area contributed by atoms with Gasteiger partial charge in [0, 0.05) is 28.9 Å². The number of carbonyl (C=O) groups excluding carboxylic acids is 2. The van der Waals surface area contributed by atoms with Crippen molar-refractivity contribution in [2.75, 3.05) is 7.11 Å². The van der Waals surface area contributed by atoms with Crippen LogP contribution in [-0.2, 0) is 16.0 Å². The first-order valence-corrected chi connectivity index (χ1v) is 7.42. The van der Waals surface area contributed by atoms with Crippen molar-refractivity contribution in [3.63, 3.8) is 0 Å². The van der Waals surface area contributed by atoms with E-state index in [-0.39, 0.29) is 5.91 Å². The highest BCUT2D eigenvalue weighted by Gasteiger charge is 2.22. The van der Waals surface area contributed by atoms with Gasteiger partial charge in [-0.25, -0.2) is 4.79 Å². The van der Waals surface area contributed by atoms with E-state index in [1.165, 1.54) is 19.5 Å². The van der Waals surface area contributed by atoms with Gasteiger partial charge in [-0.05, 0) is 29.8 Å². The van der Waals surface area contributed by atoms with Crippen LogP contribution < -0.4 is 5.32 Å². The maximum absolute atomic E-state index is 12.2. The number of nitrogens with one attached hydrogen (secondary N) is 1. The third-order valence-corrected chi connectivity index (χ3v) is 3.62. The molecule has 1 atom stereocenters. The van der Waals surface area contributed by atoms with Crippen molar-refractivity contribution >= 4 is 27.8 Å². The van der Waals surface area contributed by atoms with E-state index in [4.69, 9.17) is 4.74 Å². The Kier molecular flexibility index (Phi) is 5.66. The monoisotopic (exact) mass is 362 g/mol. The Balaban J connectivity index is 2.11. The smallest absolute Gasteiger partial charge is 0.328 e. The van der Waals surface area contributed by atoms with Crippen LogP contribution in [0.4, 0.5) is 0 Å². The van der Waals surface area contributed by atoms with Gasteiger partial charge in [0.05, 0.1) is 7.11 Å². The Morgan fingerprint density at radius 1 is 1.18 bits per heavy atom. The van der Waals surface area contributed by atoms with Gasteiger partial charge in [-0.3, -0.25) is 9.78 Å². The van der Waals surface area contributed by atoms with Crippen LogP contribution >= 0.6 is 15.9 Å². The Bertz CT molecular complexity index is 644. The quantitative estimate of drug-likeness (QED) is 0.829. The minimum atomic E-state index is -0.744. The molecule has 0 fully saturated rings. The van der Waals surface area contributed by atoms with Crippen molar-refractivity contribution in [3.05, 3.63) is 64.4 Å². The van der Waals surface area contributed by atoms with Crippen molar-refractivity contribution in [1.82, 2.24) is 10.3 Å². The predicted octanol–water partition coefficient (Wildman–Crippen LogP) is 2.36. The van der Waals surface area contributed by atoms with Gasteiger partial charge >= 0.3 is 5.97 Å². The van der Waals surface area contributed by atoms with Gasteiger partial charge < -0.3 is 10.1 Å². The molecule has 0 unspecified atom stereocenters. The van der Waals surface area contributed by atoms with Crippen LogP contribution in [0.5, 0.6) is 0 Å². The summed E-state index contributed by atoms with van der Waals surface area (Å²) >= 11 is 3.36. The van der Waals surface area contributed by atoms with Crippen LogP contribution in [0.1, 0.15) is 15.9 Å². The van der Waals surface area contributed by atoms with Crippen LogP contribution in [0.2, 0.25) is 0 Å². The van der Waals surface area contributed by atoms with Crippen molar-refractivity contribution in [3.8, 4) is 0 Å². The van der Waals surface area contributed by atoms with E-state index in [1.54, 1.807) is 12.1 Å². The summed E-state index contributed by atoms with van der Waals surface area (Å²) in [5, 5.41) is 2.69. The number of benzene rings is 1. The molecule has 0 radical (unpaired) electrons. The summed E-state index contributed by atoms with van der Waals surface area (Å²) in [6.45, 7) is 0. The molecule has 1 aromatic heterocycles. The van der Waals surface area contributed by atoms with E-state index in [0.29, 0.717) is 12.0 Å². The maximum Gasteiger partial charge on any atom is 0.328 e. The van der Waals surface area contributed by atoms with E-state index in [9.17, 15) is 9.59 Å². The van der Waals surface area contributed by atoms with Crippen LogP contribution in [0.15, 0.2) is 53.3 Å². The molecule has 0 aliphatic carbocycles. The Hall–Kier alpha value is -2.21. The zero-order valence-electron chi connectivity index (χ0n) is 12.0. The first-order chi connectivity index (χ1) is 10.6. The number of pyridine rings is 1.